The number of aromatic nitrogens is 2. The van der Waals surface area contributed by atoms with Crippen molar-refractivity contribution >= 4 is 5.69 Å². The Morgan fingerprint density at radius 3 is 3.00 bits per heavy atom. The molecule has 0 radical (unpaired) electrons. The molecular weight excluding hydrogens is 254 g/mol. The molecule has 1 aliphatic rings. The number of hydrogen-bond donors (Lipinski definition) is 1. The third-order valence-corrected chi connectivity index (χ3v) is 3.64. The Kier molecular flexibility index (Phi) is 2.39. The van der Waals surface area contributed by atoms with Crippen molar-refractivity contribution in [1.82, 2.24) is 10.1 Å². The lowest BCUT2D eigenvalue weighted by atomic mass is 10.0. The smallest absolute Gasteiger partial charge is 0.238 e. The standard InChI is InChI=1S/C15H13N3O2/c1-9-6-7-19-13(9)14-17-15(20-18-14)11-8-16-12-5-3-2-4-10(11)12/h2-7,11,16H,8H2,1H3. The van der Waals surface area contributed by atoms with Gasteiger partial charge in [0.25, 0.3) is 0 Å². The predicted octanol–water partition coefficient (Wildman–Crippen LogP) is 3.20. The first kappa shape index (κ1) is 11.3. The molecule has 0 aliphatic carbocycles. The first-order valence-corrected chi connectivity index (χ1v) is 6.54. The summed E-state index contributed by atoms with van der Waals surface area (Å²) >= 11 is 0. The molecule has 4 rings (SSSR count). The zero-order valence-electron chi connectivity index (χ0n) is 11.0. The second kappa shape index (κ2) is 4.23. The molecule has 5 heteroatoms. The predicted molar refractivity (Wildman–Crippen MR) is 73.5 cm³/mol. The summed E-state index contributed by atoms with van der Waals surface area (Å²) in [6.07, 6.45) is 1.63. The zero-order valence-corrected chi connectivity index (χ0v) is 11.0. The van der Waals surface area contributed by atoms with Gasteiger partial charge in [-0.15, -0.1) is 0 Å². The van der Waals surface area contributed by atoms with Crippen LogP contribution in [0, 0.1) is 6.92 Å². The lowest BCUT2D eigenvalue weighted by Gasteiger charge is -2.02. The van der Waals surface area contributed by atoms with Crippen LogP contribution in [0.1, 0.15) is 22.9 Å². The highest BCUT2D eigenvalue weighted by Crippen LogP contribution is 2.35. The number of benzene rings is 1. The first-order chi connectivity index (χ1) is 9.83. The molecule has 1 aromatic carbocycles. The van der Waals surface area contributed by atoms with Crippen molar-refractivity contribution in [2.75, 3.05) is 11.9 Å². The average Bonchev–Trinajstić information content (AvgIpc) is 3.15. The SMILES string of the molecule is Cc1ccoc1-c1noc(C2CNc3ccccc32)n1. The van der Waals surface area contributed by atoms with Crippen LogP contribution in [-0.4, -0.2) is 16.7 Å². The fraction of sp³-hybridized carbons (Fsp3) is 0.200. The molecule has 1 atom stereocenters. The van der Waals surface area contributed by atoms with Crippen LogP contribution in [0.4, 0.5) is 5.69 Å². The van der Waals surface area contributed by atoms with Crippen molar-refractivity contribution in [1.29, 1.82) is 0 Å². The van der Waals surface area contributed by atoms with E-state index in [1.54, 1.807) is 6.26 Å². The largest absolute Gasteiger partial charge is 0.461 e. The molecule has 3 aromatic rings. The van der Waals surface area contributed by atoms with Gasteiger partial charge in [0.05, 0.1) is 12.2 Å². The van der Waals surface area contributed by atoms with E-state index in [-0.39, 0.29) is 5.92 Å². The molecule has 1 N–H and O–H groups in total. The monoisotopic (exact) mass is 267 g/mol. The van der Waals surface area contributed by atoms with Crippen LogP contribution in [0.25, 0.3) is 11.6 Å². The maximum Gasteiger partial charge on any atom is 0.238 e. The summed E-state index contributed by atoms with van der Waals surface area (Å²) in [4.78, 5) is 4.48. The maximum atomic E-state index is 5.42. The van der Waals surface area contributed by atoms with Gasteiger partial charge in [-0.2, -0.15) is 4.98 Å². The van der Waals surface area contributed by atoms with E-state index >= 15 is 0 Å². The molecule has 0 fully saturated rings. The first-order valence-electron chi connectivity index (χ1n) is 6.54. The molecular formula is C15H13N3O2. The van der Waals surface area contributed by atoms with E-state index in [0.717, 1.165) is 17.8 Å². The van der Waals surface area contributed by atoms with Crippen molar-refractivity contribution in [2.45, 2.75) is 12.8 Å². The molecule has 0 saturated carbocycles. The van der Waals surface area contributed by atoms with E-state index in [1.807, 2.05) is 25.1 Å². The molecule has 20 heavy (non-hydrogen) atoms. The number of anilines is 1. The summed E-state index contributed by atoms with van der Waals surface area (Å²) in [6, 6.07) is 10.1. The Morgan fingerprint density at radius 1 is 1.25 bits per heavy atom. The topological polar surface area (TPSA) is 64.1 Å². The van der Waals surface area contributed by atoms with Crippen molar-refractivity contribution in [3.8, 4) is 11.6 Å². The molecule has 0 amide bonds. The van der Waals surface area contributed by atoms with Gasteiger partial charge in [-0.3, -0.25) is 0 Å². The van der Waals surface area contributed by atoms with Gasteiger partial charge in [0.2, 0.25) is 11.7 Å². The van der Waals surface area contributed by atoms with Gasteiger partial charge < -0.3 is 14.3 Å². The van der Waals surface area contributed by atoms with Gasteiger partial charge in [0.15, 0.2) is 5.76 Å². The number of hydrogen-bond acceptors (Lipinski definition) is 5. The number of aryl methyl sites for hydroxylation is 1. The Morgan fingerprint density at radius 2 is 2.15 bits per heavy atom. The van der Waals surface area contributed by atoms with Crippen molar-refractivity contribution in [3.63, 3.8) is 0 Å². The minimum absolute atomic E-state index is 0.0997. The number of nitrogens with one attached hydrogen (secondary N) is 1. The lowest BCUT2D eigenvalue weighted by Crippen LogP contribution is -2.04. The van der Waals surface area contributed by atoms with Gasteiger partial charge in [0, 0.05) is 12.2 Å². The molecule has 0 bridgehead atoms. The van der Waals surface area contributed by atoms with E-state index in [1.165, 1.54) is 5.56 Å². The van der Waals surface area contributed by atoms with Crippen molar-refractivity contribution in [2.24, 2.45) is 0 Å². The summed E-state index contributed by atoms with van der Waals surface area (Å²) in [5.41, 5.74) is 3.33. The van der Waals surface area contributed by atoms with Gasteiger partial charge in [-0.25, -0.2) is 0 Å². The Labute approximate surface area is 115 Å². The zero-order chi connectivity index (χ0) is 13.5. The number of para-hydroxylation sites is 1. The van der Waals surface area contributed by atoms with Crippen molar-refractivity contribution in [3.05, 3.63) is 53.6 Å². The average molecular weight is 267 g/mol. The van der Waals surface area contributed by atoms with Crippen LogP contribution >= 0.6 is 0 Å². The van der Waals surface area contributed by atoms with Crippen LogP contribution < -0.4 is 5.32 Å². The number of rotatable bonds is 2. The summed E-state index contributed by atoms with van der Waals surface area (Å²) in [6.45, 7) is 2.74. The molecule has 5 nitrogen and oxygen atoms in total. The Hall–Kier alpha value is -2.56. The van der Waals surface area contributed by atoms with Crippen LogP contribution in [0.3, 0.4) is 0 Å². The maximum absolute atomic E-state index is 5.42. The van der Waals surface area contributed by atoms with Crippen LogP contribution in [0.15, 0.2) is 45.5 Å². The fourth-order valence-electron chi connectivity index (χ4n) is 2.57. The van der Waals surface area contributed by atoms with E-state index in [0.29, 0.717) is 17.5 Å². The van der Waals surface area contributed by atoms with Crippen LogP contribution in [-0.2, 0) is 0 Å². The number of nitrogens with zero attached hydrogens (tertiary/aromatic N) is 2. The highest BCUT2D eigenvalue weighted by molar-refractivity contribution is 5.59. The second-order valence-corrected chi connectivity index (χ2v) is 4.91. The highest BCUT2D eigenvalue weighted by Gasteiger charge is 2.28. The lowest BCUT2D eigenvalue weighted by molar-refractivity contribution is 0.369. The van der Waals surface area contributed by atoms with Crippen molar-refractivity contribution < 1.29 is 8.94 Å². The summed E-state index contributed by atoms with van der Waals surface area (Å²) < 4.78 is 10.8. The molecule has 2 aromatic heterocycles. The van der Waals surface area contributed by atoms with Gasteiger partial charge in [-0.05, 0) is 30.2 Å². The van der Waals surface area contributed by atoms with E-state index in [2.05, 4.69) is 27.6 Å². The van der Waals surface area contributed by atoms with E-state index in [4.69, 9.17) is 8.94 Å². The fourth-order valence-corrected chi connectivity index (χ4v) is 2.57. The molecule has 1 aliphatic heterocycles. The van der Waals surface area contributed by atoms with Gasteiger partial charge in [-0.1, -0.05) is 23.4 Å². The third-order valence-electron chi connectivity index (χ3n) is 3.64. The number of fused-ring (bicyclic) bond motifs is 1. The van der Waals surface area contributed by atoms with Crippen LogP contribution in [0.5, 0.6) is 0 Å². The summed E-state index contributed by atoms with van der Waals surface area (Å²) in [5, 5.41) is 7.38. The molecule has 100 valence electrons. The Bertz CT molecular complexity index is 760. The number of furan rings is 1. The minimum atomic E-state index is 0.0997. The van der Waals surface area contributed by atoms with Gasteiger partial charge in [0.1, 0.15) is 0 Å². The van der Waals surface area contributed by atoms with Gasteiger partial charge >= 0.3 is 0 Å². The summed E-state index contributed by atoms with van der Waals surface area (Å²) in [5.74, 6) is 1.89. The molecule has 1 unspecified atom stereocenters. The molecule has 0 spiro atoms. The normalized spacial score (nSPS) is 16.9. The van der Waals surface area contributed by atoms with Crippen LogP contribution in [0.2, 0.25) is 0 Å². The summed E-state index contributed by atoms with van der Waals surface area (Å²) in [7, 11) is 0. The molecule has 3 heterocycles. The second-order valence-electron chi connectivity index (χ2n) is 4.91. The quantitative estimate of drug-likeness (QED) is 0.772. The Balaban J connectivity index is 1.72. The minimum Gasteiger partial charge on any atom is -0.461 e. The van der Waals surface area contributed by atoms with E-state index < -0.39 is 0 Å². The molecule has 0 saturated heterocycles. The third kappa shape index (κ3) is 1.63. The highest BCUT2D eigenvalue weighted by atomic mass is 16.5. The van der Waals surface area contributed by atoms with E-state index in [9.17, 15) is 0 Å².